The molecule has 3 aliphatic heterocycles. The fraction of sp³-hybridized carbons (Fsp3) is 0.360. The number of hydrogen-bond donors (Lipinski definition) is 0. The number of anilines is 1. The molecule has 0 fully saturated rings. The SMILES string of the molecule is CN1CCc2cc(CC(=O)N3CC4=C(CN(C(=O)/C=C/c5ccn(C)c5)C4)C3)ccc21. The fourth-order valence-corrected chi connectivity index (χ4v) is 4.83. The molecule has 0 saturated heterocycles. The van der Waals surface area contributed by atoms with Gasteiger partial charge < -0.3 is 19.3 Å². The van der Waals surface area contributed by atoms with Gasteiger partial charge in [0.15, 0.2) is 0 Å². The molecule has 0 unspecified atom stereocenters. The minimum atomic E-state index is 0.0271. The molecule has 160 valence electrons. The predicted octanol–water partition coefficient (Wildman–Crippen LogP) is 2.25. The van der Waals surface area contributed by atoms with Gasteiger partial charge >= 0.3 is 0 Å². The van der Waals surface area contributed by atoms with Gasteiger partial charge in [-0.3, -0.25) is 9.59 Å². The maximum absolute atomic E-state index is 12.9. The molecule has 5 rings (SSSR count). The van der Waals surface area contributed by atoms with Crippen LogP contribution in [-0.2, 0) is 29.5 Å². The van der Waals surface area contributed by atoms with Crippen LogP contribution in [0.5, 0.6) is 0 Å². The number of carbonyl (C=O) groups excluding carboxylic acids is 2. The van der Waals surface area contributed by atoms with Crippen molar-refractivity contribution >= 4 is 23.6 Å². The van der Waals surface area contributed by atoms with Crippen LogP contribution in [0, 0.1) is 0 Å². The van der Waals surface area contributed by atoms with Crippen molar-refractivity contribution in [3.05, 3.63) is 70.6 Å². The largest absolute Gasteiger partial charge is 0.374 e. The lowest BCUT2D eigenvalue weighted by atomic mass is 10.1. The van der Waals surface area contributed by atoms with E-state index in [4.69, 9.17) is 0 Å². The summed E-state index contributed by atoms with van der Waals surface area (Å²) in [7, 11) is 4.07. The molecule has 0 radical (unpaired) electrons. The molecule has 31 heavy (non-hydrogen) atoms. The van der Waals surface area contributed by atoms with E-state index < -0.39 is 0 Å². The van der Waals surface area contributed by atoms with E-state index >= 15 is 0 Å². The molecule has 2 aromatic rings. The fourth-order valence-electron chi connectivity index (χ4n) is 4.83. The summed E-state index contributed by atoms with van der Waals surface area (Å²) in [4.78, 5) is 31.5. The number of carbonyl (C=O) groups is 2. The van der Waals surface area contributed by atoms with Crippen molar-refractivity contribution < 1.29 is 9.59 Å². The van der Waals surface area contributed by atoms with E-state index in [-0.39, 0.29) is 11.8 Å². The summed E-state index contributed by atoms with van der Waals surface area (Å²) in [6, 6.07) is 8.39. The minimum absolute atomic E-state index is 0.0271. The Morgan fingerprint density at radius 1 is 1.00 bits per heavy atom. The molecule has 0 aliphatic carbocycles. The highest BCUT2D eigenvalue weighted by Crippen LogP contribution is 2.29. The van der Waals surface area contributed by atoms with E-state index in [1.165, 1.54) is 22.4 Å². The lowest BCUT2D eigenvalue weighted by Gasteiger charge is -2.22. The van der Waals surface area contributed by atoms with Crippen LogP contribution in [0.15, 0.2) is 53.9 Å². The van der Waals surface area contributed by atoms with Crippen molar-refractivity contribution in [2.45, 2.75) is 12.8 Å². The number of aromatic nitrogens is 1. The normalized spacial score (nSPS) is 17.8. The quantitative estimate of drug-likeness (QED) is 0.568. The first kappa shape index (κ1) is 19.7. The molecule has 0 spiro atoms. The Hall–Kier alpha value is -3.28. The molecule has 3 aliphatic rings. The van der Waals surface area contributed by atoms with Crippen LogP contribution >= 0.6 is 0 Å². The second-order valence-corrected chi connectivity index (χ2v) is 8.91. The van der Waals surface area contributed by atoms with E-state index in [2.05, 4.69) is 30.1 Å². The number of nitrogens with zero attached hydrogens (tertiary/aromatic N) is 4. The lowest BCUT2D eigenvalue weighted by Crippen LogP contribution is -2.36. The number of aryl methyl sites for hydroxylation is 1. The molecular weight excluding hydrogens is 388 g/mol. The van der Waals surface area contributed by atoms with Crippen molar-refractivity contribution in [1.82, 2.24) is 14.4 Å². The molecule has 0 N–H and O–H groups in total. The highest BCUT2D eigenvalue weighted by molar-refractivity contribution is 5.92. The molecule has 0 bridgehead atoms. The first-order valence-corrected chi connectivity index (χ1v) is 10.9. The zero-order valence-electron chi connectivity index (χ0n) is 18.2. The van der Waals surface area contributed by atoms with Crippen molar-refractivity contribution in [1.29, 1.82) is 0 Å². The van der Waals surface area contributed by atoms with Gasteiger partial charge in [-0.2, -0.15) is 0 Å². The number of benzene rings is 1. The molecule has 6 nitrogen and oxygen atoms in total. The Morgan fingerprint density at radius 2 is 1.74 bits per heavy atom. The summed E-state index contributed by atoms with van der Waals surface area (Å²) < 4.78 is 1.96. The van der Waals surface area contributed by atoms with E-state index in [1.807, 2.05) is 46.0 Å². The Labute approximate surface area is 183 Å². The van der Waals surface area contributed by atoms with Gasteiger partial charge in [0.25, 0.3) is 0 Å². The zero-order chi connectivity index (χ0) is 21.5. The number of likely N-dealkylation sites (N-methyl/N-ethyl adjacent to an activating group) is 1. The van der Waals surface area contributed by atoms with Crippen molar-refractivity contribution in [2.75, 3.05) is 44.7 Å². The third kappa shape index (κ3) is 3.90. The summed E-state index contributed by atoms with van der Waals surface area (Å²) in [5, 5.41) is 0. The van der Waals surface area contributed by atoms with Gasteiger partial charge in [0.1, 0.15) is 0 Å². The van der Waals surface area contributed by atoms with Gasteiger partial charge in [-0.15, -0.1) is 0 Å². The smallest absolute Gasteiger partial charge is 0.247 e. The van der Waals surface area contributed by atoms with Gasteiger partial charge in [-0.1, -0.05) is 12.1 Å². The Morgan fingerprint density at radius 3 is 2.45 bits per heavy atom. The maximum Gasteiger partial charge on any atom is 0.247 e. The molecule has 0 saturated carbocycles. The highest BCUT2D eigenvalue weighted by atomic mass is 16.2. The summed E-state index contributed by atoms with van der Waals surface area (Å²) in [5.41, 5.74) is 7.19. The second kappa shape index (κ2) is 7.76. The summed E-state index contributed by atoms with van der Waals surface area (Å²) in [5.74, 6) is 0.196. The first-order valence-electron chi connectivity index (χ1n) is 10.9. The Kier molecular flexibility index (Phi) is 4.93. The standard InChI is InChI=1S/C25H28N4O2/c1-26-9-7-18(13-26)4-6-24(30)28-14-21-16-29(17-22(21)15-28)25(31)12-19-3-5-23-20(11-19)8-10-27(23)2/h3-7,9,11,13H,8,10,12,14-17H2,1-2H3/b6-4+. The Bertz CT molecular complexity index is 1090. The van der Waals surface area contributed by atoms with Crippen molar-refractivity contribution in [3.8, 4) is 0 Å². The molecular formula is C25H28N4O2. The molecule has 1 aromatic carbocycles. The maximum atomic E-state index is 12.9. The van der Waals surface area contributed by atoms with Crippen LogP contribution in [0.25, 0.3) is 6.08 Å². The van der Waals surface area contributed by atoms with E-state index in [0.29, 0.717) is 32.6 Å². The first-order chi connectivity index (χ1) is 15.0. The van der Waals surface area contributed by atoms with Gasteiger partial charge in [0.05, 0.1) is 6.42 Å². The zero-order valence-corrected chi connectivity index (χ0v) is 18.2. The second-order valence-electron chi connectivity index (χ2n) is 8.91. The summed E-state index contributed by atoms with van der Waals surface area (Å²) in [6.45, 7) is 3.60. The third-order valence-electron chi connectivity index (χ3n) is 6.59. The van der Waals surface area contributed by atoms with Crippen LogP contribution in [0.1, 0.15) is 16.7 Å². The Balaban J connectivity index is 1.14. The van der Waals surface area contributed by atoms with Gasteiger partial charge in [0.2, 0.25) is 11.8 Å². The molecule has 2 amide bonds. The monoisotopic (exact) mass is 416 g/mol. The number of fused-ring (bicyclic) bond motifs is 1. The topological polar surface area (TPSA) is 48.8 Å². The van der Waals surface area contributed by atoms with Crippen LogP contribution in [0.2, 0.25) is 0 Å². The van der Waals surface area contributed by atoms with Crippen LogP contribution in [-0.4, -0.2) is 66.0 Å². The molecule has 6 heteroatoms. The third-order valence-corrected chi connectivity index (χ3v) is 6.59. The summed E-state index contributed by atoms with van der Waals surface area (Å²) >= 11 is 0. The predicted molar refractivity (Wildman–Crippen MR) is 122 cm³/mol. The molecule has 0 atom stereocenters. The number of hydrogen-bond acceptors (Lipinski definition) is 3. The van der Waals surface area contributed by atoms with Crippen molar-refractivity contribution in [2.24, 2.45) is 7.05 Å². The molecule has 1 aromatic heterocycles. The number of amides is 2. The number of rotatable bonds is 4. The van der Waals surface area contributed by atoms with E-state index in [0.717, 1.165) is 24.1 Å². The van der Waals surface area contributed by atoms with Crippen LogP contribution < -0.4 is 4.90 Å². The van der Waals surface area contributed by atoms with Crippen molar-refractivity contribution in [3.63, 3.8) is 0 Å². The van der Waals surface area contributed by atoms with Gasteiger partial charge in [0, 0.05) is 71.0 Å². The van der Waals surface area contributed by atoms with Crippen LogP contribution in [0.3, 0.4) is 0 Å². The minimum Gasteiger partial charge on any atom is -0.374 e. The molecule has 4 heterocycles. The summed E-state index contributed by atoms with van der Waals surface area (Å²) in [6.07, 6.45) is 8.94. The van der Waals surface area contributed by atoms with Gasteiger partial charge in [-0.25, -0.2) is 0 Å². The average molecular weight is 417 g/mol. The highest BCUT2D eigenvalue weighted by Gasteiger charge is 2.33. The van der Waals surface area contributed by atoms with Gasteiger partial charge in [-0.05, 0) is 52.5 Å². The lowest BCUT2D eigenvalue weighted by molar-refractivity contribution is -0.129. The van der Waals surface area contributed by atoms with E-state index in [9.17, 15) is 9.59 Å². The van der Waals surface area contributed by atoms with E-state index in [1.54, 1.807) is 6.08 Å². The average Bonchev–Trinajstić information content (AvgIpc) is 3.50. The van der Waals surface area contributed by atoms with Crippen LogP contribution in [0.4, 0.5) is 5.69 Å².